The molecule has 2 unspecified atom stereocenters. The summed E-state index contributed by atoms with van der Waals surface area (Å²) in [5.74, 6) is 0.748. The molecule has 0 amide bonds. The second-order valence-corrected chi connectivity index (χ2v) is 5.49. The van der Waals surface area contributed by atoms with E-state index < -0.39 is 0 Å². The number of nitrogens with two attached hydrogens (primary N) is 1. The molecule has 0 saturated carbocycles. The highest BCUT2D eigenvalue weighted by Gasteiger charge is 2.20. The minimum Gasteiger partial charge on any atom is -0.484 e. The molecule has 2 nitrogen and oxygen atoms in total. The Hall–Kier alpha value is -1.22. The maximum absolute atomic E-state index is 6.18. The molecule has 2 aromatic carbocycles. The van der Waals surface area contributed by atoms with Crippen LogP contribution in [0.1, 0.15) is 25.0 Å². The summed E-state index contributed by atoms with van der Waals surface area (Å²) in [6.45, 7) is 2.04. The lowest BCUT2D eigenvalue weighted by Crippen LogP contribution is -2.31. The molecule has 0 radical (unpaired) electrons. The van der Waals surface area contributed by atoms with Crippen molar-refractivity contribution in [3.8, 4) is 5.75 Å². The van der Waals surface area contributed by atoms with E-state index in [4.69, 9.17) is 33.7 Å². The van der Waals surface area contributed by atoms with Crippen LogP contribution in [0, 0.1) is 0 Å². The van der Waals surface area contributed by atoms with Gasteiger partial charge in [-0.25, -0.2) is 0 Å². The van der Waals surface area contributed by atoms with Gasteiger partial charge < -0.3 is 10.5 Å². The van der Waals surface area contributed by atoms with E-state index in [1.54, 1.807) is 12.1 Å². The van der Waals surface area contributed by atoms with Crippen LogP contribution in [0.15, 0.2) is 48.5 Å². The standard InChI is InChI=1S/C16H17Cl2NO/c1-2-15(19)16(11-3-5-12(17)6-4-11)20-14-9-7-13(18)8-10-14/h3-10,15-16H,2,19H2,1H3. The summed E-state index contributed by atoms with van der Waals surface area (Å²) < 4.78 is 6.02. The predicted molar refractivity (Wildman–Crippen MR) is 84.5 cm³/mol. The van der Waals surface area contributed by atoms with Crippen molar-refractivity contribution in [3.05, 3.63) is 64.1 Å². The average molecular weight is 310 g/mol. The van der Waals surface area contributed by atoms with Crippen LogP contribution in [0.5, 0.6) is 5.75 Å². The molecule has 0 heterocycles. The molecule has 4 heteroatoms. The summed E-state index contributed by atoms with van der Waals surface area (Å²) in [5, 5.41) is 1.38. The normalized spacial score (nSPS) is 13.8. The molecule has 0 aromatic heterocycles. The van der Waals surface area contributed by atoms with E-state index >= 15 is 0 Å². The van der Waals surface area contributed by atoms with Crippen molar-refractivity contribution in [1.82, 2.24) is 0 Å². The lowest BCUT2D eigenvalue weighted by molar-refractivity contribution is 0.171. The molecule has 0 aliphatic carbocycles. The smallest absolute Gasteiger partial charge is 0.139 e. The van der Waals surface area contributed by atoms with E-state index in [9.17, 15) is 0 Å². The Bertz CT molecular complexity index is 539. The first-order valence-corrected chi connectivity index (χ1v) is 7.29. The third kappa shape index (κ3) is 3.89. The summed E-state index contributed by atoms with van der Waals surface area (Å²) in [6.07, 6.45) is 0.611. The maximum Gasteiger partial charge on any atom is 0.139 e. The molecule has 106 valence electrons. The molecule has 20 heavy (non-hydrogen) atoms. The lowest BCUT2D eigenvalue weighted by Gasteiger charge is -2.25. The second-order valence-electron chi connectivity index (χ2n) is 4.62. The topological polar surface area (TPSA) is 35.2 Å². The SMILES string of the molecule is CCC(N)C(Oc1ccc(Cl)cc1)c1ccc(Cl)cc1. The molecule has 2 aromatic rings. The van der Waals surface area contributed by atoms with Crippen molar-refractivity contribution in [2.24, 2.45) is 5.73 Å². The van der Waals surface area contributed by atoms with Gasteiger partial charge in [0.1, 0.15) is 11.9 Å². The van der Waals surface area contributed by atoms with Crippen molar-refractivity contribution in [2.45, 2.75) is 25.5 Å². The second kappa shape index (κ2) is 6.98. The van der Waals surface area contributed by atoms with E-state index in [-0.39, 0.29) is 12.1 Å². The van der Waals surface area contributed by atoms with Gasteiger partial charge in [-0.05, 0) is 48.4 Å². The fourth-order valence-electron chi connectivity index (χ4n) is 1.93. The van der Waals surface area contributed by atoms with E-state index in [2.05, 4.69) is 0 Å². The molecule has 0 saturated heterocycles. The number of rotatable bonds is 5. The molecule has 0 aliphatic rings. The summed E-state index contributed by atoms with van der Waals surface area (Å²) in [5.41, 5.74) is 7.19. The zero-order chi connectivity index (χ0) is 14.5. The zero-order valence-corrected chi connectivity index (χ0v) is 12.7. The number of hydrogen-bond donors (Lipinski definition) is 1. The highest BCUT2D eigenvalue weighted by atomic mass is 35.5. The van der Waals surface area contributed by atoms with Gasteiger partial charge in [0.05, 0.1) is 0 Å². The van der Waals surface area contributed by atoms with Gasteiger partial charge in [-0.3, -0.25) is 0 Å². The Morgan fingerprint density at radius 1 is 0.950 bits per heavy atom. The Balaban J connectivity index is 2.23. The summed E-state index contributed by atoms with van der Waals surface area (Å²) >= 11 is 11.8. The van der Waals surface area contributed by atoms with Gasteiger partial charge in [0.15, 0.2) is 0 Å². The molecule has 2 N–H and O–H groups in total. The Labute approximate surface area is 129 Å². The van der Waals surface area contributed by atoms with Crippen molar-refractivity contribution in [1.29, 1.82) is 0 Å². The lowest BCUT2D eigenvalue weighted by atomic mass is 10.0. The largest absolute Gasteiger partial charge is 0.484 e. The fourth-order valence-corrected chi connectivity index (χ4v) is 2.18. The Kier molecular flexibility index (Phi) is 5.30. The van der Waals surface area contributed by atoms with Crippen LogP contribution in [-0.4, -0.2) is 6.04 Å². The van der Waals surface area contributed by atoms with Crippen molar-refractivity contribution < 1.29 is 4.74 Å². The van der Waals surface area contributed by atoms with Crippen LogP contribution in [0.3, 0.4) is 0 Å². The van der Waals surface area contributed by atoms with Crippen LogP contribution in [0.4, 0.5) is 0 Å². The summed E-state index contributed by atoms with van der Waals surface area (Å²) in [6, 6.07) is 14.8. The van der Waals surface area contributed by atoms with E-state index in [1.807, 2.05) is 43.3 Å². The van der Waals surface area contributed by atoms with E-state index in [0.29, 0.717) is 10.0 Å². The molecule has 2 atom stereocenters. The maximum atomic E-state index is 6.18. The van der Waals surface area contributed by atoms with Gasteiger partial charge in [-0.2, -0.15) is 0 Å². The molecule has 0 spiro atoms. The van der Waals surface area contributed by atoms with Gasteiger partial charge in [0.2, 0.25) is 0 Å². The van der Waals surface area contributed by atoms with Gasteiger partial charge in [0.25, 0.3) is 0 Å². The van der Waals surface area contributed by atoms with Crippen LogP contribution >= 0.6 is 23.2 Å². The third-order valence-corrected chi connectivity index (χ3v) is 3.64. The van der Waals surface area contributed by atoms with Crippen molar-refractivity contribution in [3.63, 3.8) is 0 Å². The highest BCUT2D eigenvalue weighted by Crippen LogP contribution is 2.27. The van der Waals surface area contributed by atoms with Crippen molar-refractivity contribution in [2.75, 3.05) is 0 Å². The van der Waals surface area contributed by atoms with Crippen LogP contribution in [0.2, 0.25) is 10.0 Å². The first kappa shape index (κ1) is 15.2. The summed E-state index contributed by atoms with van der Waals surface area (Å²) in [4.78, 5) is 0. The number of benzene rings is 2. The molecule has 0 bridgehead atoms. The molecular weight excluding hydrogens is 293 g/mol. The average Bonchev–Trinajstić information content (AvgIpc) is 2.47. The van der Waals surface area contributed by atoms with Crippen LogP contribution in [-0.2, 0) is 0 Å². The monoisotopic (exact) mass is 309 g/mol. The highest BCUT2D eigenvalue weighted by molar-refractivity contribution is 6.30. The Morgan fingerprint density at radius 3 is 1.95 bits per heavy atom. The molecule has 0 aliphatic heterocycles. The minimum absolute atomic E-state index is 0.0909. The number of hydrogen-bond acceptors (Lipinski definition) is 2. The van der Waals surface area contributed by atoms with Gasteiger partial charge in [-0.15, -0.1) is 0 Å². The van der Waals surface area contributed by atoms with Gasteiger partial charge in [-0.1, -0.05) is 42.3 Å². The molecular formula is C16H17Cl2NO. The van der Waals surface area contributed by atoms with Gasteiger partial charge in [0, 0.05) is 16.1 Å². The minimum atomic E-state index is -0.210. The van der Waals surface area contributed by atoms with Crippen LogP contribution < -0.4 is 10.5 Å². The fraction of sp³-hybridized carbons (Fsp3) is 0.250. The van der Waals surface area contributed by atoms with E-state index in [1.165, 1.54) is 0 Å². The number of halogens is 2. The first-order chi connectivity index (χ1) is 9.60. The summed E-state index contributed by atoms with van der Waals surface area (Å²) in [7, 11) is 0. The Morgan fingerprint density at radius 2 is 1.45 bits per heavy atom. The van der Waals surface area contributed by atoms with Crippen molar-refractivity contribution >= 4 is 23.2 Å². The molecule has 0 fully saturated rings. The van der Waals surface area contributed by atoms with Gasteiger partial charge >= 0.3 is 0 Å². The predicted octanol–water partition coefficient (Wildman–Crippen LogP) is 4.85. The zero-order valence-electron chi connectivity index (χ0n) is 11.2. The van der Waals surface area contributed by atoms with Crippen LogP contribution in [0.25, 0.3) is 0 Å². The quantitative estimate of drug-likeness (QED) is 0.856. The first-order valence-electron chi connectivity index (χ1n) is 6.53. The third-order valence-electron chi connectivity index (χ3n) is 3.14. The number of ether oxygens (including phenoxy) is 1. The molecule has 2 rings (SSSR count). The van der Waals surface area contributed by atoms with E-state index in [0.717, 1.165) is 17.7 Å².